The van der Waals surface area contributed by atoms with Crippen molar-refractivity contribution in [2.75, 3.05) is 55.8 Å². The summed E-state index contributed by atoms with van der Waals surface area (Å²) in [6, 6.07) is 0.0420. The van der Waals surface area contributed by atoms with E-state index >= 15 is 0 Å². The molecule has 2 aliphatic heterocycles. The zero-order chi connectivity index (χ0) is 38.5. The lowest BCUT2D eigenvalue weighted by molar-refractivity contribution is -0.274. The summed E-state index contributed by atoms with van der Waals surface area (Å²) in [5, 5.41) is 39.2. The summed E-state index contributed by atoms with van der Waals surface area (Å²) in [6.07, 6.45) is 3.38. The molecule has 0 aromatic carbocycles. The van der Waals surface area contributed by atoms with Crippen LogP contribution in [0.15, 0.2) is 37.0 Å². The van der Waals surface area contributed by atoms with Gasteiger partial charge in [-0.2, -0.15) is 46.3 Å². The summed E-state index contributed by atoms with van der Waals surface area (Å²) < 4.78 is 77.0. The third-order valence-electron chi connectivity index (χ3n) is 9.39. The number of fused-ring (bicyclic) bond motifs is 2. The summed E-state index contributed by atoms with van der Waals surface area (Å²) >= 11 is 5.97. The highest BCUT2D eigenvalue weighted by Gasteiger charge is 2.61. The number of allylic oxidation sites excluding steroid dienone is 2. The first-order valence-corrected chi connectivity index (χ1v) is 16.5. The van der Waals surface area contributed by atoms with Crippen LogP contribution in [0.25, 0.3) is 22.3 Å². The van der Waals surface area contributed by atoms with Gasteiger partial charge in [-0.1, -0.05) is 35.9 Å². The number of alkyl halides is 6. The molecule has 4 atom stereocenters. The molecular formula is C30H35ClF6N12O4. The van der Waals surface area contributed by atoms with E-state index in [9.17, 15) is 36.6 Å². The first kappa shape index (κ1) is 38.4. The first-order valence-electron chi connectivity index (χ1n) is 16.1. The number of halogens is 7. The molecule has 4 aromatic heterocycles. The zero-order valence-electron chi connectivity index (χ0n) is 27.5. The molecule has 0 saturated carbocycles. The molecule has 0 amide bonds. The zero-order valence-corrected chi connectivity index (χ0v) is 28.3. The molecule has 0 unspecified atom stereocenters. The average Bonchev–Trinajstić information content (AvgIpc) is 3.86. The van der Waals surface area contributed by atoms with Crippen LogP contribution in [-0.2, 0) is 0 Å². The van der Waals surface area contributed by atoms with Crippen LogP contribution in [0.2, 0.25) is 5.15 Å². The van der Waals surface area contributed by atoms with E-state index in [0.717, 1.165) is 6.42 Å². The molecule has 16 nitrogen and oxygen atoms in total. The molecule has 2 saturated heterocycles. The number of aliphatic hydroxyl groups excluding tert-OH is 2. The molecule has 9 N–H and O–H groups in total. The first-order chi connectivity index (χ1) is 24.9. The molecule has 288 valence electrons. The van der Waals surface area contributed by atoms with E-state index in [0.29, 0.717) is 28.7 Å². The van der Waals surface area contributed by atoms with E-state index < -0.39 is 36.6 Å². The summed E-state index contributed by atoms with van der Waals surface area (Å²) in [4.78, 5) is 26.0. The maximum absolute atomic E-state index is 12.9. The Balaban J connectivity index is 0.000000153. The number of imidazole rings is 2. The Bertz CT molecular complexity index is 2010. The number of hydrogen-bond acceptors (Lipinski definition) is 14. The molecule has 2 fully saturated rings. The number of nitrogen functional groups attached to an aromatic ring is 2. The number of aromatic nitrogens is 8. The fraction of sp³-hybridized carbons (Fsp3) is 0.533. The smallest absolute Gasteiger partial charge is 0.396 e. The van der Waals surface area contributed by atoms with Crippen LogP contribution in [0.1, 0.15) is 24.9 Å². The van der Waals surface area contributed by atoms with Crippen molar-refractivity contribution in [2.24, 2.45) is 11.8 Å². The van der Waals surface area contributed by atoms with Gasteiger partial charge < -0.3 is 51.2 Å². The second-order valence-corrected chi connectivity index (χ2v) is 13.6. The van der Waals surface area contributed by atoms with Gasteiger partial charge in [0.25, 0.3) is 0 Å². The predicted octanol–water partition coefficient (Wildman–Crippen LogP) is 1.69. The average molecular weight is 777 g/mol. The lowest BCUT2D eigenvalue weighted by Crippen LogP contribution is -2.69. The fourth-order valence-corrected chi connectivity index (χ4v) is 6.41. The van der Waals surface area contributed by atoms with Crippen molar-refractivity contribution in [1.29, 1.82) is 0 Å². The third-order valence-corrected chi connectivity index (χ3v) is 9.66. The van der Waals surface area contributed by atoms with Crippen LogP contribution in [0.4, 0.5) is 44.1 Å². The van der Waals surface area contributed by atoms with Gasteiger partial charge in [0.15, 0.2) is 39.0 Å². The van der Waals surface area contributed by atoms with Crippen LogP contribution in [0.5, 0.6) is 0 Å². The van der Waals surface area contributed by atoms with Crippen molar-refractivity contribution >= 4 is 51.6 Å². The van der Waals surface area contributed by atoms with Crippen LogP contribution >= 0.6 is 11.6 Å². The van der Waals surface area contributed by atoms with Gasteiger partial charge in [0.2, 0.25) is 11.9 Å². The third kappa shape index (κ3) is 7.42. The maximum Gasteiger partial charge on any atom is 0.420 e. The Kier molecular flexibility index (Phi) is 10.2. The number of hydrogen-bond donors (Lipinski definition) is 7. The number of nitrogens with zero attached hydrogens (tertiary/aromatic N) is 9. The van der Waals surface area contributed by atoms with Crippen molar-refractivity contribution in [3.05, 3.63) is 42.1 Å². The van der Waals surface area contributed by atoms with Crippen LogP contribution < -0.4 is 21.7 Å². The Labute approximate surface area is 300 Å². The minimum atomic E-state index is -4.71. The van der Waals surface area contributed by atoms with Gasteiger partial charge in [0, 0.05) is 38.1 Å². The predicted molar refractivity (Wildman–Crippen MR) is 178 cm³/mol. The number of nitrogens with two attached hydrogens (primary N) is 2. The highest BCUT2D eigenvalue weighted by molar-refractivity contribution is 6.33. The molecule has 2 aliphatic carbocycles. The minimum absolute atomic E-state index is 0.0335. The molecule has 6 heterocycles. The molecule has 0 radical (unpaired) electrons. The van der Waals surface area contributed by atoms with Crippen molar-refractivity contribution in [3.63, 3.8) is 0 Å². The summed E-state index contributed by atoms with van der Waals surface area (Å²) in [7, 11) is 0. The molecular weight excluding hydrogens is 742 g/mol. The van der Waals surface area contributed by atoms with Gasteiger partial charge in [0.1, 0.15) is 5.52 Å². The Morgan fingerprint density at radius 3 is 1.62 bits per heavy atom. The lowest BCUT2D eigenvalue weighted by atomic mass is 9.93. The standard InChI is InChI=1S/C15H17F3N6O2.C11H12ClN5O.C4H6F3NO/c16-15(17,18)14(26)5-23(6-14)11-10-12(22-13(19)21-11)24(7-20-10)9-2-1-8(3-9)4-25;12-9-8-10(16-11(13)15-9)17(5-14-8)7-2-1-6(3-7)4-18;5-4(6,7)3(9)1-8-2-3/h1-2,7-9,25-26H,3-6H2,(H2,19,21,22);1-2,5-7,18H,3-4H2,(H2,13,15,16);8-9H,1-2H2/t8-,9+;6-,7+;/m11./s1. The molecule has 8 rings (SSSR count). The number of aliphatic hydroxyl groups is 4. The highest BCUT2D eigenvalue weighted by atomic mass is 35.5. The number of anilines is 3. The molecule has 4 aliphatic rings. The van der Waals surface area contributed by atoms with Crippen molar-refractivity contribution in [1.82, 2.24) is 44.4 Å². The second kappa shape index (κ2) is 14.1. The highest BCUT2D eigenvalue weighted by Crippen LogP contribution is 2.41. The van der Waals surface area contributed by atoms with Gasteiger partial charge >= 0.3 is 12.4 Å². The van der Waals surface area contributed by atoms with Gasteiger partial charge in [0.05, 0.1) is 37.8 Å². The molecule has 4 aromatic rings. The second-order valence-electron chi connectivity index (χ2n) is 13.2. The van der Waals surface area contributed by atoms with E-state index in [4.69, 9.17) is 33.3 Å². The van der Waals surface area contributed by atoms with E-state index in [2.05, 4.69) is 35.2 Å². The quantitative estimate of drug-likeness (QED) is 0.0869. The van der Waals surface area contributed by atoms with Gasteiger partial charge in [-0.3, -0.25) is 0 Å². The number of rotatable bonds is 5. The molecule has 0 bridgehead atoms. The van der Waals surface area contributed by atoms with Crippen molar-refractivity contribution in [3.8, 4) is 0 Å². The number of nitrogens with one attached hydrogen (secondary N) is 1. The fourth-order valence-electron chi connectivity index (χ4n) is 6.19. The van der Waals surface area contributed by atoms with Crippen molar-refractivity contribution in [2.45, 2.75) is 48.5 Å². The number of β-amino-alcohol motifs (C(OH)–C–C–N with tert-alkyl or cyclic N) is 2. The Morgan fingerprint density at radius 1 is 0.736 bits per heavy atom. The van der Waals surface area contributed by atoms with E-state index in [1.165, 1.54) is 11.2 Å². The van der Waals surface area contributed by atoms with Gasteiger partial charge in [-0.15, -0.1) is 0 Å². The molecule has 23 heteroatoms. The topological polar surface area (TPSA) is 235 Å². The van der Waals surface area contributed by atoms with E-state index in [1.807, 2.05) is 28.9 Å². The molecule has 0 spiro atoms. The van der Waals surface area contributed by atoms with Crippen LogP contribution in [-0.4, -0.2) is 122 Å². The maximum atomic E-state index is 12.9. The largest absolute Gasteiger partial charge is 0.420 e. The van der Waals surface area contributed by atoms with Crippen molar-refractivity contribution < 1.29 is 46.8 Å². The minimum Gasteiger partial charge on any atom is -0.396 e. The molecule has 53 heavy (non-hydrogen) atoms. The van der Waals surface area contributed by atoms with Gasteiger partial charge in [-0.05, 0) is 12.8 Å². The Hall–Kier alpha value is -4.35. The SMILES string of the molecule is Nc1nc(Cl)c2ncn([C@H]3C=C[C@@H](CO)C3)c2n1.Nc1nc(N2CC(O)(C(F)(F)F)C2)c2ncn([C@H]3C=C[C@@H](CO)C3)c2n1.OC1(C(F)(F)F)CNC1. The van der Waals surface area contributed by atoms with Crippen LogP contribution in [0, 0.1) is 11.8 Å². The summed E-state index contributed by atoms with van der Waals surface area (Å²) in [5.74, 6) is 0.434. The van der Waals surface area contributed by atoms with E-state index in [1.54, 1.807) is 10.9 Å². The lowest BCUT2D eigenvalue weighted by Gasteiger charge is -2.47. The van der Waals surface area contributed by atoms with Gasteiger partial charge in [-0.25, -0.2) is 9.97 Å². The summed E-state index contributed by atoms with van der Waals surface area (Å²) in [6.45, 7) is -1.84. The normalized spacial score (nSPS) is 24.4. The van der Waals surface area contributed by atoms with Crippen LogP contribution in [0.3, 0.4) is 0 Å². The monoisotopic (exact) mass is 776 g/mol. The Morgan fingerprint density at radius 2 is 1.21 bits per heavy atom. The van der Waals surface area contributed by atoms with E-state index in [-0.39, 0.29) is 73.1 Å². The summed E-state index contributed by atoms with van der Waals surface area (Å²) in [5.41, 5.74) is 8.03.